The fourth-order valence-corrected chi connectivity index (χ4v) is 3.26. The van der Waals surface area contributed by atoms with Gasteiger partial charge in [0, 0.05) is 24.4 Å². The number of benzene rings is 1. The van der Waals surface area contributed by atoms with Crippen molar-refractivity contribution in [3.63, 3.8) is 0 Å². The van der Waals surface area contributed by atoms with Gasteiger partial charge in [0.1, 0.15) is 10.7 Å². The van der Waals surface area contributed by atoms with Crippen LogP contribution in [0.4, 0.5) is 10.1 Å². The quantitative estimate of drug-likeness (QED) is 0.834. The molecule has 2 N–H and O–H groups in total. The average molecular weight is 310 g/mol. The smallest absolute Gasteiger partial charge is 0.266 e. The third-order valence-corrected chi connectivity index (χ3v) is 4.43. The number of rotatable bonds is 6. The molecule has 0 saturated heterocycles. The molecule has 1 aromatic carbocycles. The van der Waals surface area contributed by atoms with E-state index in [2.05, 4.69) is 0 Å². The Morgan fingerprint density at radius 2 is 2.19 bits per heavy atom. The van der Waals surface area contributed by atoms with E-state index in [4.69, 9.17) is 10.5 Å². The molecule has 0 aliphatic heterocycles. The van der Waals surface area contributed by atoms with Crippen molar-refractivity contribution in [2.75, 3.05) is 32.0 Å². The Bertz CT molecular complexity index is 642. The Morgan fingerprint density at radius 1 is 1.43 bits per heavy atom. The van der Waals surface area contributed by atoms with Crippen LogP contribution >= 0.6 is 11.3 Å². The average Bonchev–Trinajstić information content (AvgIpc) is 2.81. The lowest BCUT2D eigenvalue weighted by Crippen LogP contribution is -2.33. The molecule has 0 atom stereocenters. The van der Waals surface area contributed by atoms with Gasteiger partial charge in [-0.25, -0.2) is 4.39 Å². The third-order valence-electron chi connectivity index (χ3n) is 3.27. The topological polar surface area (TPSA) is 55.6 Å². The van der Waals surface area contributed by atoms with E-state index in [1.54, 1.807) is 17.0 Å². The van der Waals surface area contributed by atoms with Gasteiger partial charge in [-0.1, -0.05) is 6.07 Å². The number of nitrogen functional groups attached to an aromatic ring is 1. The Kier molecular flexibility index (Phi) is 5.14. The van der Waals surface area contributed by atoms with Crippen molar-refractivity contribution in [2.45, 2.75) is 13.8 Å². The van der Waals surface area contributed by atoms with E-state index >= 15 is 0 Å². The summed E-state index contributed by atoms with van der Waals surface area (Å²) in [6, 6.07) is 4.74. The molecule has 0 aliphatic rings. The van der Waals surface area contributed by atoms with Crippen LogP contribution in [0.3, 0.4) is 0 Å². The number of halogens is 1. The van der Waals surface area contributed by atoms with Gasteiger partial charge in [-0.2, -0.15) is 0 Å². The first kappa shape index (κ1) is 15.7. The van der Waals surface area contributed by atoms with Crippen LogP contribution in [0.2, 0.25) is 0 Å². The maximum atomic E-state index is 13.8. The van der Waals surface area contributed by atoms with Crippen LogP contribution in [0, 0.1) is 5.82 Å². The predicted octanol–water partition coefficient (Wildman–Crippen LogP) is 3.12. The highest BCUT2D eigenvalue weighted by atomic mass is 32.1. The number of ether oxygens (including phenoxy) is 1. The normalized spacial score (nSPS) is 11.0. The number of amides is 1. The van der Waals surface area contributed by atoms with Crippen molar-refractivity contribution in [2.24, 2.45) is 0 Å². The zero-order valence-corrected chi connectivity index (χ0v) is 13.0. The summed E-state index contributed by atoms with van der Waals surface area (Å²) >= 11 is 1.23. The summed E-state index contributed by atoms with van der Waals surface area (Å²) < 4.78 is 19.8. The van der Waals surface area contributed by atoms with Gasteiger partial charge in [0.05, 0.1) is 17.7 Å². The van der Waals surface area contributed by atoms with Gasteiger partial charge < -0.3 is 15.4 Å². The molecule has 0 unspecified atom stereocenters. The van der Waals surface area contributed by atoms with Gasteiger partial charge in [0.15, 0.2) is 0 Å². The highest BCUT2D eigenvalue weighted by molar-refractivity contribution is 7.21. The molecule has 6 heteroatoms. The zero-order valence-electron chi connectivity index (χ0n) is 12.2. The highest BCUT2D eigenvalue weighted by Gasteiger charge is 2.22. The van der Waals surface area contributed by atoms with Gasteiger partial charge in [-0.15, -0.1) is 11.3 Å². The Hall–Kier alpha value is -1.66. The first-order chi connectivity index (χ1) is 10.1. The van der Waals surface area contributed by atoms with E-state index in [1.807, 2.05) is 13.8 Å². The Labute approximate surface area is 127 Å². The molecule has 2 aromatic rings. The van der Waals surface area contributed by atoms with Gasteiger partial charge in [-0.05, 0) is 26.0 Å². The second-order valence-electron chi connectivity index (χ2n) is 4.54. The van der Waals surface area contributed by atoms with Crippen molar-refractivity contribution in [1.82, 2.24) is 4.90 Å². The number of carbonyl (C=O) groups is 1. The van der Waals surface area contributed by atoms with Gasteiger partial charge in [0.25, 0.3) is 5.91 Å². The van der Waals surface area contributed by atoms with Crippen LogP contribution in [0.5, 0.6) is 0 Å². The molecule has 4 nitrogen and oxygen atoms in total. The summed E-state index contributed by atoms with van der Waals surface area (Å²) in [5.41, 5.74) is 6.21. The van der Waals surface area contributed by atoms with Crippen molar-refractivity contribution < 1.29 is 13.9 Å². The van der Waals surface area contributed by atoms with Gasteiger partial charge >= 0.3 is 0 Å². The van der Waals surface area contributed by atoms with Crippen LogP contribution < -0.4 is 5.73 Å². The molecular weight excluding hydrogens is 291 g/mol. The van der Waals surface area contributed by atoms with Crippen LogP contribution in [-0.4, -0.2) is 37.1 Å². The lowest BCUT2D eigenvalue weighted by molar-refractivity contribution is 0.0674. The van der Waals surface area contributed by atoms with Crippen LogP contribution in [0.15, 0.2) is 18.2 Å². The van der Waals surface area contributed by atoms with E-state index in [9.17, 15) is 9.18 Å². The second-order valence-corrected chi connectivity index (χ2v) is 5.59. The molecule has 0 fully saturated rings. The molecule has 21 heavy (non-hydrogen) atoms. The predicted molar refractivity (Wildman–Crippen MR) is 84.3 cm³/mol. The number of nitrogens with two attached hydrogens (primary N) is 1. The minimum Gasteiger partial charge on any atom is -0.397 e. The number of likely N-dealkylation sites (N-methyl/N-ethyl adjacent to an activating group) is 1. The monoisotopic (exact) mass is 310 g/mol. The summed E-state index contributed by atoms with van der Waals surface area (Å²) in [5, 5.41) is 0.340. The standard InChI is InChI=1S/C15H19FN2O2S/c1-3-18(8-9-20-4-2)15(19)14-13(17)12-10(16)6-5-7-11(12)21-14/h5-7H,3-4,8-9,17H2,1-2H3. The molecule has 0 spiro atoms. The van der Waals surface area contributed by atoms with Gasteiger partial charge in [-0.3, -0.25) is 4.79 Å². The number of nitrogens with zero attached hydrogens (tertiary/aromatic N) is 1. The molecule has 2 rings (SSSR count). The van der Waals surface area contributed by atoms with E-state index in [0.29, 0.717) is 41.3 Å². The number of anilines is 1. The molecule has 0 saturated carbocycles. The number of thiophene rings is 1. The van der Waals surface area contributed by atoms with E-state index in [-0.39, 0.29) is 11.6 Å². The molecule has 1 heterocycles. The first-order valence-corrected chi connectivity index (χ1v) is 7.75. The molecule has 0 radical (unpaired) electrons. The fraction of sp³-hybridized carbons (Fsp3) is 0.400. The van der Waals surface area contributed by atoms with Crippen molar-refractivity contribution in [3.8, 4) is 0 Å². The lowest BCUT2D eigenvalue weighted by Gasteiger charge is -2.20. The second kappa shape index (κ2) is 6.87. The number of hydrogen-bond donors (Lipinski definition) is 1. The lowest BCUT2D eigenvalue weighted by atomic mass is 10.2. The molecule has 0 bridgehead atoms. The van der Waals surface area contributed by atoms with E-state index in [0.717, 1.165) is 0 Å². The highest BCUT2D eigenvalue weighted by Crippen LogP contribution is 2.35. The Morgan fingerprint density at radius 3 is 2.81 bits per heavy atom. The SMILES string of the molecule is CCOCCN(CC)C(=O)c1sc2cccc(F)c2c1N. The maximum absolute atomic E-state index is 13.8. The van der Waals surface area contributed by atoms with Crippen molar-refractivity contribution in [3.05, 3.63) is 28.9 Å². The Balaban J connectivity index is 2.30. The van der Waals surface area contributed by atoms with Crippen molar-refractivity contribution in [1.29, 1.82) is 0 Å². The molecular formula is C15H19FN2O2S. The minimum absolute atomic E-state index is 0.171. The molecule has 0 aliphatic carbocycles. The number of hydrogen-bond acceptors (Lipinski definition) is 4. The maximum Gasteiger partial charge on any atom is 0.266 e. The number of fused-ring (bicyclic) bond motifs is 1. The summed E-state index contributed by atoms with van der Waals surface area (Å²) in [6.07, 6.45) is 0. The zero-order chi connectivity index (χ0) is 15.4. The minimum atomic E-state index is -0.391. The van der Waals surface area contributed by atoms with Crippen LogP contribution in [0.25, 0.3) is 10.1 Å². The van der Waals surface area contributed by atoms with Crippen LogP contribution in [0.1, 0.15) is 23.5 Å². The number of carbonyl (C=O) groups excluding carboxylic acids is 1. The third kappa shape index (κ3) is 3.16. The molecule has 114 valence electrons. The summed E-state index contributed by atoms with van der Waals surface area (Å²) in [4.78, 5) is 14.6. The largest absolute Gasteiger partial charge is 0.397 e. The van der Waals surface area contributed by atoms with E-state index < -0.39 is 5.82 Å². The van der Waals surface area contributed by atoms with E-state index in [1.165, 1.54) is 17.4 Å². The molecule has 1 aromatic heterocycles. The molecule has 1 amide bonds. The first-order valence-electron chi connectivity index (χ1n) is 6.93. The summed E-state index contributed by atoms with van der Waals surface area (Å²) in [6.45, 7) is 5.96. The van der Waals surface area contributed by atoms with Crippen molar-refractivity contribution >= 4 is 33.0 Å². The van der Waals surface area contributed by atoms with Crippen LogP contribution in [-0.2, 0) is 4.74 Å². The summed E-state index contributed by atoms with van der Waals surface area (Å²) in [5.74, 6) is -0.562. The fourth-order valence-electron chi connectivity index (χ4n) is 2.15. The van der Waals surface area contributed by atoms with Gasteiger partial charge in [0.2, 0.25) is 0 Å². The summed E-state index contributed by atoms with van der Waals surface area (Å²) in [7, 11) is 0.